The summed E-state index contributed by atoms with van der Waals surface area (Å²) in [6, 6.07) is 12.5. The monoisotopic (exact) mass is 368 g/mol. The third-order valence-corrected chi connectivity index (χ3v) is 3.61. The van der Waals surface area contributed by atoms with Crippen LogP contribution in [0.4, 0.5) is 15.8 Å². The van der Waals surface area contributed by atoms with Crippen molar-refractivity contribution in [2.75, 3.05) is 10.6 Å². The molecule has 2 amide bonds. The van der Waals surface area contributed by atoms with Crippen LogP contribution in [-0.4, -0.2) is 22.0 Å². The molecule has 0 saturated heterocycles. The van der Waals surface area contributed by atoms with E-state index in [1.54, 1.807) is 36.4 Å². The standard InChI is InChI=1S/C19H17FN4O3/c1-12(25)21-15-6-8-16(9-7-15)22-17(26)10-11-18-23-24-19(27-18)13-2-4-14(20)5-3-13/h2-9H,10-11H2,1H3,(H,21,25)(H,22,26). The van der Waals surface area contributed by atoms with Crippen LogP contribution in [-0.2, 0) is 16.0 Å². The molecule has 0 radical (unpaired) electrons. The second-order valence-corrected chi connectivity index (χ2v) is 5.81. The smallest absolute Gasteiger partial charge is 0.247 e. The number of rotatable bonds is 6. The van der Waals surface area contributed by atoms with Gasteiger partial charge in [-0.05, 0) is 48.5 Å². The van der Waals surface area contributed by atoms with Crippen molar-refractivity contribution in [3.05, 3.63) is 60.2 Å². The molecule has 2 N–H and O–H groups in total. The maximum absolute atomic E-state index is 12.9. The van der Waals surface area contributed by atoms with Crippen LogP contribution in [0, 0.1) is 5.82 Å². The Balaban J connectivity index is 1.52. The number of hydrogen-bond acceptors (Lipinski definition) is 5. The van der Waals surface area contributed by atoms with Crippen LogP contribution in [0.15, 0.2) is 52.9 Å². The lowest BCUT2D eigenvalue weighted by atomic mass is 10.2. The maximum Gasteiger partial charge on any atom is 0.247 e. The molecule has 0 aliphatic carbocycles. The largest absolute Gasteiger partial charge is 0.421 e. The van der Waals surface area contributed by atoms with Crippen LogP contribution in [0.5, 0.6) is 0 Å². The fourth-order valence-electron chi connectivity index (χ4n) is 2.35. The zero-order valence-corrected chi connectivity index (χ0v) is 14.5. The molecule has 0 atom stereocenters. The molecule has 2 aromatic carbocycles. The Morgan fingerprint density at radius 3 is 2.22 bits per heavy atom. The van der Waals surface area contributed by atoms with Gasteiger partial charge in [0.2, 0.25) is 23.6 Å². The Bertz CT molecular complexity index is 936. The van der Waals surface area contributed by atoms with E-state index in [4.69, 9.17) is 4.42 Å². The molecule has 0 aliphatic rings. The van der Waals surface area contributed by atoms with Gasteiger partial charge in [0.15, 0.2) is 0 Å². The van der Waals surface area contributed by atoms with Crippen molar-refractivity contribution in [3.63, 3.8) is 0 Å². The van der Waals surface area contributed by atoms with E-state index in [9.17, 15) is 14.0 Å². The number of halogens is 1. The first-order valence-corrected chi connectivity index (χ1v) is 8.25. The van der Waals surface area contributed by atoms with Gasteiger partial charge in [0.25, 0.3) is 0 Å². The quantitative estimate of drug-likeness (QED) is 0.695. The number of anilines is 2. The number of carbonyl (C=O) groups excluding carboxylic acids is 2. The molecule has 0 spiro atoms. The Morgan fingerprint density at radius 2 is 1.59 bits per heavy atom. The van der Waals surface area contributed by atoms with Crippen LogP contribution in [0.3, 0.4) is 0 Å². The minimum atomic E-state index is -0.347. The van der Waals surface area contributed by atoms with Gasteiger partial charge in [0.1, 0.15) is 5.82 Å². The maximum atomic E-state index is 12.9. The molecule has 0 fully saturated rings. The van der Waals surface area contributed by atoms with Crippen LogP contribution in [0.2, 0.25) is 0 Å². The second-order valence-electron chi connectivity index (χ2n) is 5.81. The van der Waals surface area contributed by atoms with Crippen molar-refractivity contribution < 1.29 is 18.4 Å². The summed E-state index contributed by atoms with van der Waals surface area (Å²) in [7, 11) is 0. The summed E-state index contributed by atoms with van der Waals surface area (Å²) in [5.74, 6) is -0.111. The molecule has 3 rings (SSSR count). The Hall–Kier alpha value is -3.55. The summed E-state index contributed by atoms with van der Waals surface area (Å²) >= 11 is 0. The highest BCUT2D eigenvalue weighted by Crippen LogP contribution is 2.19. The highest BCUT2D eigenvalue weighted by atomic mass is 19.1. The topological polar surface area (TPSA) is 97.1 Å². The number of nitrogens with zero attached hydrogens (tertiary/aromatic N) is 2. The first-order chi connectivity index (χ1) is 13.0. The first-order valence-electron chi connectivity index (χ1n) is 8.25. The molecule has 0 aliphatic heterocycles. The van der Waals surface area contributed by atoms with Gasteiger partial charge in [-0.1, -0.05) is 0 Å². The normalized spacial score (nSPS) is 10.4. The highest BCUT2D eigenvalue weighted by Gasteiger charge is 2.11. The molecule has 3 aromatic rings. The number of benzene rings is 2. The summed E-state index contributed by atoms with van der Waals surface area (Å²) in [6.07, 6.45) is 0.447. The van der Waals surface area contributed by atoms with E-state index in [2.05, 4.69) is 20.8 Å². The highest BCUT2D eigenvalue weighted by molar-refractivity contribution is 5.92. The molecule has 138 valence electrons. The van der Waals surface area contributed by atoms with Gasteiger partial charge in [0, 0.05) is 36.7 Å². The fraction of sp³-hybridized carbons (Fsp3) is 0.158. The first kappa shape index (κ1) is 18.2. The zero-order chi connectivity index (χ0) is 19.2. The molecule has 27 heavy (non-hydrogen) atoms. The van der Waals surface area contributed by atoms with E-state index in [-0.39, 0.29) is 36.4 Å². The van der Waals surface area contributed by atoms with E-state index in [0.717, 1.165) is 0 Å². The number of amides is 2. The van der Waals surface area contributed by atoms with E-state index in [0.29, 0.717) is 22.8 Å². The van der Waals surface area contributed by atoms with Crippen LogP contribution < -0.4 is 10.6 Å². The lowest BCUT2D eigenvalue weighted by Crippen LogP contribution is -2.12. The lowest BCUT2D eigenvalue weighted by Gasteiger charge is -2.06. The van der Waals surface area contributed by atoms with Crippen molar-refractivity contribution >= 4 is 23.2 Å². The predicted molar refractivity (Wildman–Crippen MR) is 97.4 cm³/mol. The number of aromatic nitrogens is 2. The van der Waals surface area contributed by atoms with Gasteiger partial charge in [0.05, 0.1) is 0 Å². The van der Waals surface area contributed by atoms with E-state index in [1.807, 2.05) is 0 Å². The number of nitrogens with one attached hydrogen (secondary N) is 2. The molecule has 1 aromatic heterocycles. The van der Waals surface area contributed by atoms with E-state index in [1.165, 1.54) is 19.1 Å². The number of carbonyl (C=O) groups is 2. The number of hydrogen-bond donors (Lipinski definition) is 2. The van der Waals surface area contributed by atoms with Crippen LogP contribution >= 0.6 is 0 Å². The van der Waals surface area contributed by atoms with Crippen molar-refractivity contribution in [2.45, 2.75) is 19.8 Å². The minimum absolute atomic E-state index is 0.161. The fourth-order valence-corrected chi connectivity index (χ4v) is 2.35. The van der Waals surface area contributed by atoms with Crippen molar-refractivity contribution in [1.29, 1.82) is 0 Å². The third-order valence-electron chi connectivity index (χ3n) is 3.61. The van der Waals surface area contributed by atoms with Gasteiger partial charge in [-0.15, -0.1) is 10.2 Å². The second kappa shape index (κ2) is 8.22. The predicted octanol–water partition coefficient (Wildman–Crippen LogP) is 3.41. The molecule has 0 bridgehead atoms. The van der Waals surface area contributed by atoms with Gasteiger partial charge in [-0.25, -0.2) is 4.39 Å². The molecule has 1 heterocycles. The summed E-state index contributed by atoms with van der Waals surface area (Å²) < 4.78 is 18.4. The average Bonchev–Trinajstić information content (AvgIpc) is 3.11. The molecular formula is C19H17FN4O3. The summed E-state index contributed by atoms with van der Waals surface area (Å²) in [5, 5.41) is 13.2. The van der Waals surface area contributed by atoms with Crippen LogP contribution in [0.1, 0.15) is 19.2 Å². The lowest BCUT2D eigenvalue weighted by molar-refractivity contribution is -0.116. The summed E-state index contributed by atoms with van der Waals surface area (Å²) in [4.78, 5) is 23.0. The average molecular weight is 368 g/mol. The number of aryl methyl sites for hydroxylation is 1. The van der Waals surface area contributed by atoms with Crippen molar-refractivity contribution in [3.8, 4) is 11.5 Å². The van der Waals surface area contributed by atoms with Gasteiger partial charge in [-0.3, -0.25) is 9.59 Å². The Labute approximate surface area is 154 Å². The third kappa shape index (κ3) is 5.21. The van der Waals surface area contributed by atoms with Crippen molar-refractivity contribution in [1.82, 2.24) is 10.2 Å². The molecular weight excluding hydrogens is 351 g/mol. The van der Waals surface area contributed by atoms with Gasteiger partial charge in [-0.2, -0.15) is 0 Å². The van der Waals surface area contributed by atoms with Gasteiger partial charge >= 0.3 is 0 Å². The molecule has 0 saturated carbocycles. The minimum Gasteiger partial charge on any atom is -0.421 e. The summed E-state index contributed by atoms with van der Waals surface area (Å²) in [5.41, 5.74) is 1.88. The van der Waals surface area contributed by atoms with E-state index >= 15 is 0 Å². The van der Waals surface area contributed by atoms with E-state index < -0.39 is 0 Å². The molecule has 8 heteroatoms. The SMILES string of the molecule is CC(=O)Nc1ccc(NC(=O)CCc2nnc(-c3ccc(F)cc3)o2)cc1. The van der Waals surface area contributed by atoms with Crippen LogP contribution in [0.25, 0.3) is 11.5 Å². The molecule has 0 unspecified atom stereocenters. The Kier molecular flexibility index (Phi) is 5.55. The zero-order valence-electron chi connectivity index (χ0n) is 14.5. The Morgan fingerprint density at radius 1 is 0.963 bits per heavy atom. The summed E-state index contributed by atoms with van der Waals surface area (Å²) in [6.45, 7) is 1.43. The van der Waals surface area contributed by atoms with Gasteiger partial charge < -0.3 is 15.1 Å². The van der Waals surface area contributed by atoms with Crippen molar-refractivity contribution in [2.24, 2.45) is 0 Å². The molecule has 7 nitrogen and oxygen atoms in total.